The Morgan fingerprint density at radius 3 is 1.42 bits per heavy atom. The van der Waals surface area contributed by atoms with E-state index in [1.807, 2.05) is 60.7 Å². The van der Waals surface area contributed by atoms with Crippen molar-refractivity contribution < 1.29 is 19.1 Å². The van der Waals surface area contributed by atoms with E-state index in [-0.39, 0.29) is 0 Å². The highest BCUT2D eigenvalue weighted by molar-refractivity contribution is 6.39. The minimum Gasteiger partial charge on any atom is -0.456 e. The molecular formula is C19H19ClO4. The predicted molar refractivity (Wildman–Crippen MR) is 91.5 cm³/mol. The molecule has 0 bridgehead atoms. The van der Waals surface area contributed by atoms with Crippen LogP contribution in [0.3, 0.4) is 0 Å². The zero-order chi connectivity index (χ0) is 17.5. The van der Waals surface area contributed by atoms with Crippen molar-refractivity contribution in [3.8, 4) is 0 Å². The Kier molecular flexibility index (Phi) is 6.38. The Balaban J connectivity index is 1.91. The molecule has 2 rings (SSSR count). The molecule has 0 fully saturated rings. The zero-order valence-electron chi connectivity index (χ0n) is 13.5. The van der Waals surface area contributed by atoms with Crippen LogP contribution >= 0.6 is 11.6 Å². The van der Waals surface area contributed by atoms with Gasteiger partial charge in [0.1, 0.15) is 12.2 Å². The van der Waals surface area contributed by atoms with Crippen LogP contribution in [0.1, 0.15) is 37.2 Å². The molecular weight excluding hydrogens is 328 g/mol. The van der Waals surface area contributed by atoms with Crippen LogP contribution in [0.2, 0.25) is 0 Å². The van der Waals surface area contributed by atoms with Gasteiger partial charge >= 0.3 is 11.9 Å². The summed E-state index contributed by atoms with van der Waals surface area (Å²) in [4.78, 5) is 24.1. The summed E-state index contributed by atoms with van der Waals surface area (Å²) >= 11 is 5.90. The van der Waals surface area contributed by atoms with Gasteiger partial charge < -0.3 is 9.47 Å². The fourth-order valence-corrected chi connectivity index (χ4v) is 2.25. The maximum atomic E-state index is 12.0. The second-order valence-electron chi connectivity index (χ2n) is 5.34. The van der Waals surface area contributed by atoms with Gasteiger partial charge in [0.05, 0.1) is 0 Å². The van der Waals surface area contributed by atoms with Gasteiger partial charge in [-0.1, -0.05) is 72.3 Å². The SMILES string of the molecule is CC(OC(=O)C(Cl)C(=O)OC(C)c1ccccc1)c1ccccc1. The molecule has 0 aliphatic carbocycles. The van der Waals surface area contributed by atoms with Crippen molar-refractivity contribution >= 4 is 23.5 Å². The maximum absolute atomic E-state index is 12.0. The Labute approximate surface area is 146 Å². The Hall–Kier alpha value is -2.33. The third-order valence-electron chi connectivity index (χ3n) is 3.54. The number of ether oxygens (including phenoxy) is 2. The number of carbonyl (C=O) groups is 2. The lowest BCUT2D eigenvalue weighted by molar-refractivity contribution is -0.159. The van der Waals surface area contributed by atoms with Crippen LogP contribution in [0.25, 0.3) is 0 Å². The van der Waals surface area contributed by atoms with Crippen molar-refractivity contribution in [3.63, 3.8) is 0 Å². The molecule has 0 saturated heterocycles. The Bertz CT molecular complexity index is 613. The molecule has 126 valence electrons. The van der Waals surface area contributed by atoms with Crippen LogP contribution in [0.4, 0.5) is 0 Å². The first-order valence-corrected chi connectivity index (χ1v) is 8.07. The lowest BCUT2D eigenvalue weighted by atomic mass is 10.1. The average Bonchev–Trinajstić information content (AvgIpc) is 2.62. The fourth-order valence-electron chi connectivity index (χ4n) is 2.15. The summed E-state index contributed by atoms with van der Waals surface area (Å²) in [6.07, 6.45) is -1.00. The van der Waals surface area contributed by atoms with Crippen molar-refractivity contribution in [3.05, 3.63) is 71.8 Å². The van der Waals surface area contributed by atoms with Gasteiger partial charge in [0.15, 0.2) is 0 Å². The topological polar surface area (TPSA) is 52.6 Å². The molecule has 5 heteroatoms. The number of halogens is 1. The van der Waals surface area contributed by atoms with Gasteiger partial charge in [0.2, 0.25) is 5.38 Å². The highest BCUT2D eigenvalue weighted by atomic mass is 35.5. The highest BCUT2D eigenvalue weighted by Crippen LogP contribution is 2.21. The monoisotopic (exact) mass is 346 g/mol. The summed E-state index contributed by atoms with van der Waals surface area (Å²) in [6.45, 7) is 3.43. The molecule has 0 aliphatic heterocycles. The smallest absolute Gasteiger partial charge is 0.336 e. The van der Waals surface area contributed by atoms with Crippen molar-refractivity contribution in [2.75, 3.05) is 0 Å². The molecule has 2 aromatic carbocycles. The Morgan fingerprint density at radius 1 is 0.750 bits per heavy atom. The second kappa shape index (κ2) is 8.50. The number of rotatable bonds is 6. The molecule has 0 amide bonds. The minimum absolute atomic E-state index is 0.501. The van der Waals surface area contributed by atoms with Crippen molar-refractivity contribution in [2.24, 2.45) is 0 Å². The quantitative estimate of drug-likeness (QED) is 0.447. The molecule has 0 aromatic heterocycles. The van der Waals surface area contributed by atoms with Crippen molar-refractivity contribution in [2.45, 2.75) is 31.4 Å². The molecule has 2 aromatic rings. The van der Waals surface area contributed by atoms with Crippen molar-refractivity contribution in [1.29, 1.82) is 0 Å². The van der Waals surface area contributed by atoms with E-state index >= 15 is 0 Å². The number of hydrogen-bond donors (Lipinski definition) is 0. The first-order valence-electron chi connectivity index (χ1n) is 7.64. The largest absolute Gasteiger partial charge is 0.456 e. The molecule has 4 nitrogen and oxygen atoms in total. The number of alkyl halides is 1. The summed E-state index contributed by atoms with van der Waals surface area (Å²) in [6, 6.07) is 18.4. The summed E-state index contributed by atoms with van der Waals surface area (Å²) in [5.41, 5.74) is 1.64. The van der Waals surface area contributed by atoms with Gasteiger partial charge in [0.25, 0.3) is 0 Å². The van der Waals surface area contributed by atoms with E-state index in [1.54, 1.807) is 13.8 Å². The van der Waals surface area contributed by atoms with Crippen LogP contribution in [0.5, 0.6) is 0 Å². The molecule has 0 heterocycles. The van der Waals surface area contributed by atoms with E-state index < -0.39 is 29.5 Å². The summed E-state index contributed by atoms with van der Waals surface area (Å²) in [5.74, 6) is -1.64. The highest BCUT2D eigenvalue weighted by Gasteiger charge is 2.30. The number of esters is 2. The maximum Gasteiger partial charge on any atom is 0.336 e. The van der Waals surface area contributed by atoms with E-state index in [9.17, 15) is 9.59 Å². The van der Waals surface area contributed by atoms with E-state index in [1.165, 1.54) is 0 Å². The Morgan fingerprint density at radius 2 is 1.08 bits per heavy atom. The summed E-state index contributed by atoms with van der Waals surface area (Å²) < 4.78 is 10.5. The van der Waals surface area contributed by atoms with Crippen LogP contribution in [0, 0.1) is 0 Å². The molecule has 2 atom stereocenters. The predicted octanol–water partition coefficient (Wildman–Crippen LogP) is 4.20. The van der Waals surface area contributed by atoms with E-state index in [0.717, 1.165) is 11.1 Å². The third-order valence-corrected chi connectivity index (χ3v) is 3.89. The first-order chi connectivity index (χ1) is 11.5. The van der Waals surface area contributed by atoms with Gasteiger partial charge in [-0.2, -0.15) is 0 Å². The number of carbonyl (C=O) groups excluding carboxylic acids is 2. The van der Waals surface area contributed by atoms with Crippen molar-refractivity contribution in [1.82, 2.24) is 0 Å². The van der Waals surface area contributed by atoms with Crippen LogP contribution in [0.15, 0.2) is 60.7 Å². The molecule has 0 aliphatic rings. The van der Waals surface area contributed by atoms with Crippen LogP contribution in [-0.2, 0) is 19.1 Å². The molecule has 0 saturated carbocycles. The molecule has 24 heavy (non-hydrogen) atoms. The van der Waals surface area contributed by atoms with Crippen LogP contribution < -0.4 is 0 Å². The standard InChI is InChI=1S/C19H19ClO4/c1-13(15-9-5-3-6-10-15)23-18(21)17(20)19(22)24-14(2)16-11-7-4-8-12-16/h3-14,17H,1-2H3. The van der Waals surface area contributed by atoms with Gasteiger partial charge in [-0.3, -0.25) is 0 Å². The number of hydrogen-bond acceptors (Lipinski definition) is 4. The van der Waals surface area contributed by atoms with Gasteiger partial charge in [-0.15, -0.1) is 0 Å². The molecule has 0 radical (unpaired) electrons. The van der Waals surface area contributed by atoms with Gasteiger partial charge in [-0.05, 0) is 25.0 Å². The van der Waals surface area contributed by atoms with E-state index in [2.05, 4.69) is 0 Å². The lowest BCUT2D eigenvalue weighted by Gasteiger charge is -2.18. The average molecular weight is 347 g/mol. The molecule has 2 unspecified atom stereocenters. The minimum atomic E-state index is -1.50. The first kappa shape index (κ1) is 18.0. The van der Waals surface area contributed by atoms with E-state index in [0.29, 0.717) is 0 Å². The van der Waals surface area contributed by atoms with Gasteiger partial charge in [-0.25, -0.2) is 9.59 Å². The second-order valence-corrected chi connectivity index (χ2v) is 5.78. The van der Waals surface area contributed by atoms with Gasteiger partial charge in [0, 0.05) is 0 Å². The molecule has 0 N–H and O–H groups in total. The van der Waals surface area contributed by atoms with Crippen LogP contribution in [-0.4, -0.2) is 17.3 Å². The number of benzene rings is 2. The molecule has 0 spiro atoms. The normalized spacial score (nSPS) is 14.3. The zero-order valence-corrected chi connectivity index (χ0v) is 14.3. The lowest BCUT2D eigenvalue weighted by Crippen LogP contribution is -2.30. The fraction of sp³-hybridized carbons (Fsp3) is 0.263. The summed E-state index contributed by atoms with van der Waals surface area (Å²) in [5, 5.41) is -1.50. The summed E-state index contributed by atoms with van der Waals surface area (Å²) in [7, 11) is 0. The third kappa shape index (κ3) is 4.83. The van der Waals surface area contributed by atoms with E-state index in [4.69, 9.17) is 21.1 Å².